The van der Waals surface area contributed by atoms with E-state index >= 15 is 0 Å². The highest BCUT2D eigenvalue weighted by Gasteiger charge is 2.17. The van der Waals surface area contributed by atoms with Gasteiger partial charge in [0.1, 0.15) is 11.9 Å². The predicted octanol–water partition coefficient (Wildman–Crippen LogP) is 1.75. The van der Waals surface area contributed by atoms with Gasteiger partial charge in [0.15, 0.2) is 0 Å². The summed E-state index contributed by atoms with van der Waals surface area (Å²) in [7, 11) is 0. The zero-order valence-corrected chi connectivity index (χ0v) is 10.5. The molecule has 0 aliphatic carbocycles. The highest BCUT2D eigenvalue weighted by atomic mass is 16.5. The van der Waals surface area contributed by atoms with E-state index in [-0.39, 0.29) is 6.10 Å². The lowest BCUT2D eigenvalue weighted by molar-refractivity contribution is 0.141. The van der Waals surface area contributed by atoms with Crippen LogP contribution in [0.4, 0.5) is 0 Å². The van der Waals surface area contributed by atoms with Gasteiger partial charge >= 0.3 is 0 Å². The molecule has 94 valence electrons. The van der Waals surface area contributed by atoms with Crippen molar-refractivity contribution in [2.75, 3.05) is 13.2 Å². The third-order valence-corrected chi connectivity index (χ3v) is 2.68. The summed E-state index contributed by atoms with van der Waals surface area (Å²) in [4.78, 5) is 4.36. The van der Waals surface area contributed by atoms with Crippen LogP contribution in [-0.2, 0) is 11.3 Å². The lowest BCUT2D eigenvalue weighted by Crippen LogP contribution is -2.22. The molecule has 1 fully saturated rings. The van der Waals surface area contributed by atoms with Crippen LogP contribution in [0.5, 0.6) is 5.75 Å². The molecule has 1 atom stereocenters. The minimum absolute atomic E-state index is 0.191. The van der Waals surface area contributed by atoms with E-state index in [1.54, 1.807) is 6.20 Å². The van der Waals surface area contributed by atoms with Crippen LogP contribution in [0.3, 0.4) is 0 Å². The van der Waals surface area contributed by atoms with E-state index in [1.807, 2.05) is 12.1 Å². The van der Waals surface area contributed by atoms with Crippen LogP contribution in [0, 0.1) is 0 Å². The molecular formula is C13H20N2O2. The van der Waals surface area contributed by atoms with E-state index < -0.39 is 0 Å². The van der Waals surface area contributed by atoms with Crippen molar-refractivity contribution in [2.24, 2.45) is 0 Å². The maximum absolute atomic E-state index is 5.75. The van der Waals surface area contributed by atoms with E-state index in [4.69, 9.17) is 9.47 Å². The Morgan fingerprint density at radius 2 is 2.41 bits per heavy atom. The van der Waals surface area contributed by atoms with Crippen LogP contribution in [0.2, 0.25) is 0 Å². The van der Waals surface area contributed by atoms with Gasteiger partial charge in [0, 0.05) is 19.0 Å². The van der Waals surface area contributed by atoms with E-state index in [2.05, 4.69) is 24.1 Å². The minimum atomic E-state index is 0.191. The molecule has 1 aliphatic heterocycles. The number of aromatic nitrogens is 1. The van der Waals surface area contributed by atoms with Crippen molar-refractivity contribution < 1.29 is 9.47 Å². The maximum atomic E-state index is 5.75. The molecule has 4 heteroatoms. The Morgan fingerprint density at radius 1 is 1.53 bits per heavy atom. The van der Waals surface area contributed by atoms with Gasteiger partial charge in [-0.3, -0.25) is 4.98 Å². The summed E-state index contributed by atoms with van der Waals surface area (Å²) < 4.78 is 11.0. The molecule has 0 spiro atoms. The van der Waals surface area contributed by atoms with Gasteiger partial charge in [0.2, 0.25) is 0 Å². The molecule has 1 N–H and O–H groups in total. The standard InChI is InChI=1S/C13H20N2O2/c1-10(2)14-7-11-3-4-12(8-15-11)17-13-5-6-16-9-13/h3-4,8,10,13-14H,5-7,9H2,1-2H3. The normalized spacial score (nSPS) is 19.8. The summed E-state index contributed by atoms with van der Waals surface area (Å²) in [5.74, 6) is 0.828. The first-order valence-electron chi connectivity index (χ1n) is 6.17. The van der Waals surface area contributed by atoms with Gasteiger partial charge < -0.3 is 14.8 Å². The van der Waals surface area contributed by atoms with E-state index in [1.165, 1.54) is 0 Å². The van der Waals surface area contributed by atoms with Crippen LogP contribution in [-0.4, -0.2) is 30.3 Å². The minimum Gasteiger partial charge on any atom is -0.486 e. The molecule has 17 heavy (non-hydrogen) atoms. The summed E-state index contributed by atoms with van der Waals surface area (Å²) >= 11 is 0. The highest BCUT2D eigenvalue weighted by Crippen LogP contribution is 2.15. The van der Waals surface area contributed by atoms with Crippen LogP contribution < -0.4 is 10.1 Å². The smallest absolute Gasteiger partial charge is 0.138 e. The molecule has 0 amide bonds. The van der Waals surface area contributed by atoms with E-state index in [9.17, 15) is 0 Å². The third kappa shape index (κ3) is 3.98. The Labute approximate surface area is 102 Å². The third-order valence-electron chi connectivity index (χ3n) is 2.68. The van der Waals surface area contributed by atoms with E-state index in [0.717, 1.165) is 31.0 Å². The molecule has 0 aromatic carbocycles. The van der Waals surface area contributed by atoms with Crippen molar-refractivity contribution in [3.8, 4) is 5.75 Å². The quantitative estimate of drug-likeness (QED) is 0.846. The first kappa shape index (κ1) is 12.3. The van der Waals surface area contributed by atoms with Crippen molar-refractivity contribution in [2.45, 2.75) is 39.0 Å². The molecule has 1 saturated heterocycles. The van der Waals surface area contributed by atoms with Gasteiger partial charge in [-0.15, -0.1) is 0 Å². The first-order chi connectivity index (χ1) is 8.24. The fourth-order valence-electron chi connectivity index (χ4n) is 1.69. The van der Waals surface area contributed by atoms with Crippen molar-refractivity contribution >= 4 is 0 Å². The van der Waals surface area contributed by atoms with Crippen molar-refractivity contribution in [3.05, 3.63) is 24.0 Å². The van der Waals surface area contributed by atoms with Crippen molar-refractivity contribution in [1.82, 2.24) is 10.3 Å². The van der Waals surface area contributed by atoms with Gasteiger partial charge in [-0.05, 0) is 12.1 Å². The van der Waals surface area contributed by atoms with E-state index in [0.29, 0.717) is 12.6 Å². The van der Waals surface area contributed by atoms with Crippen molar-refractivity contribution in [3.63, 3.8) is 0 Å². The van der Waals surface area contributed by atoms with Crippen LogP contribution in [0.1, 0.15) is 26.0 Å². The Balaban J connectivity index is 1.84. The second-order valence-corrected chi connectivity index (χ2v) is 4.62. The molecule has 0 radical (unpaired) electrons. The summed E-state index contributed by atoms with van der Waals surface area (Å²) in [6.07, 6.45) is 2.95. The Morgan fingerprint density at radius 3 is 3.00 bits per heavy atom. The predicted molar refractivity (Wildman–Crippen MR) is 66.1 cm³/mol. The molecule has 1 aliphatic rings. The molecule has 1 aromatic heterocycles. The molecule has 1 aromatic rings. The van der Waals surface area contributed by atoms with Gasteiger partial charge in [-0.2, -0.15) is 0 Å². The molecule has 2 rings (SSSR count). The Bertz CT molecular complexity index is 332. The fourth-order valence-corrected chi connectivity index (χ4v) is 1.69. The number of ether oxygens (including phenoxy) is 2. The zero-order valence-electron chi connectivity index (χ0n) is 10.5. The SMILES string of the molecule is CC(C)NCc1ccc(OC2CCOC2)cn1. The molecule has 2 heterocycles. The number of pyridine rings is 1. The van der Waals surface area contributed by atoms with Gasteiger partial charge in [0.05, 0.1) is 25.1 Å². The number of hydrogen-bond donors (Lipinski definition) is 1. The lowest BCUT2D eigenvalue weighted by Gasteiger charge is -2.12. The fraction of sp³-hybridized carbons (Fsp3) is 0.615. The summed E-state index contributed by atoms with van der Waals surface area (Å²) in [5, 5.41) is 3.33. The van der Waals surface area contributed by atoms with Crippen LogP contribution >= 0.6 is 0 Å². The van der Waals surface area contributed by atoms with Crippen molar-refractivity contribution in [1.29, 1.82) is 0 Å². The molecule has 1 unspecified atom stereocenters. The Kier molecular flexibility index (Phi) is 4.34. The number of nitrogens with zero attached hydrogens (tertiary/aromatic N) is 1. The molecular weight excluding hydrogens is 216 g/mol. The van der Waals surface area contributed by atoms with Gasteiger partial charge in [0.25, 0.3) is 0 Å². The van der Waals surface area contributed by atoms with Crippen LogP contribution in [0.25, 0.3) is 0 Å². The first-order valence-corrected chi connectivity index (χ1v) is 6.17. The van der Waals surface area contributed by atoms with Gasteiger partial charge in [-0.25, -0.2) is 0 Å². The summed E-state index contributed by atoms with van der Waals surface area (Å²) in [6, 6.07) is 4.45. The molecule has 4 nitrogen and oxygen atoms in total. The number of hydrogen-bond acceptors (Lipinski definition) is 4. The maximum Gasteiger partial charge on any atom is 0.138 e. The lowest BCUT2D eigenvalue weighted by atomic mass is 10.3. The van der Waals surface area contributed by atoms with Gasteiger partial charge in [-0.1, -0.05) is 13.8 Å². The second kappa shape index (κ2) is 5.98. The number of nitrogens with one attached hydrogen (secondary N) is 1. The molecule has 0 saturated carbocycles. The second-order valence-electron chi connectivity index (χ2n) is 4.62. The Hall–Kier alpha value is -1.13. The topological polar surface area (TPSA) is 43.4 Å². The highest BCUT2D eigenvalue weighted by molar-refractivity contribution is 5.20. The zero-order chi connectivity index (χ0) is 12.1. The summed E-state index contributed by atoms with van der Waals surface area (Å²) in [6.45, 7) is 6.53. The summed E-state index contributed by atoms with van der Waals surface area (Å²) in [5.41, 5.74) is 1.04. The number of rotatable bonds is 5. The molecule has 0 bridgehead atoms. The average Bonchev–Trinajstić information content (AvgIpc) is 2.81. The largest absolute Gasteiger partial charge is 0.486 e. The van der Waals surface area contributed by atoms with Crippen LogP contribution in [0.15, 0.2) is 18.3 Å². The monoisotopic (exact) mass is 236 g/mol. The average molecular weight is 236 g/mol.